The van der Waals surface area contributed by atoms with Crippen molar-refractivity contribution in [3.63, 3.8) is 0 Å². The van der Waals surface area contributed by atoms with Gasteiger partial charge in [-0.1, -0.05) is 44.2 Å². The number of para-hydroxylation sites is 1. The van der Waals surface area contributed by atoms with Crippen LogP contribution in [0.15, 0.2) is 60.9 Å². The van der Waals surface area contributed by atoms with Gasteiger partial charge in [-0.15, -0.1) is 0 Å². The second kappa shape index (κ2) is 12.9. The predicted molar refractivity (Wildman–Crippen MR) is 159 cm³/mol. The first-order valence-electron chi connectivity index (χ1n) is 14.3. The lowest BCUT2D eigenvalue weighted by Crippen LogP contribution is -2.51. The van der Waals surface area contributed by atoms with Gasteiger partial charge in [0.2, 0.25) is 11.8 Å². The fourth-order valence-electron chi connectivity index (χ4n) is 5.23. The maximum absolute atomic E-state index is 13.8. The van der Waals surface area contributed by atoms with Gasteiger partial charge in [-0.25, -0.2) is 4.98 Å². The number of carbonyl (C=O) groups excluding carboxylic acids is 3. The van der Waals surface area contributed by atoms with Crippen LogP contribution in [0.25, 0.3) is 22.3 Å². The van der Waals surface area contributed by atoms with Crippen LogP contribution in [-0.4, -0.2) is 74.2 Å². The van der Waals surface area contributed by atoms with Crippen LogP contribution in [0.4, 0.5) is 0 Å². The summed E-state index contributed by atoms with van der Waals surface area (Å²) >= 11 is 0. The molecule has 0 aliphatic carbocycles. The van der Waals surface area contributed by atoms with E-state index >= 15 is 0 Å². The van der Waals surface area contributed by atoms with Gasteiger partial charge in [0, 0.05) is 50.0 Å². The minimum absolute atomic E-state index is 0.168. The summed E-state index contributed by atoms with van der Waals surface area (Å²) in [6, 6.07) is 14.4. The maximum Gasteiger partial charge on any atom is 0.275 e. The molecule has 0 unspecified atom stereocenters. The van der Waals surface area contributed by atoms with Gasteiger partial charge < -0.3 is 24.8 Å². The van der Waals surface area contributed by atoms with Crippen molar-refractivity contribution in [1.29, 1.82) is 0 Å². The van der Waals surface area contributed by atoms with E-state index < -0.39 is 11.9 Å². The average molecular weight is 572 g/mol. The Morgan fingerprint density at radius 2 is 1.95 bits per heavy atom. The molecular weight excluding hydrogens is 534 g/mol. The van der Waals surface area contributed by atoms with E-state index in [0.717, 1.165) is 16.9 Å². The zero-order valence-electron chi connectivity index (χ0n) is 24.2. The number of carbonyl (C=O) groups is 3. The number of ether oxygens (including phenoxy) is 1. The standard InChI is InChI=1S/C31H37N7O4/c1-21(2)18-25-30(40)33-13-16-37-15-12-32-29(37)22-8-6-9-23(19-22)42-17-7-14-38(20-27(39)34-25)31(41)28-24-10-4-5-11-26(24)36(3)35-28/h4-6,8-12,15,19,21,25H,7,13-14,16-18,20H2,1-3H3,(H,33,40)(H,34,39)/t25-/m1/s1. The molecule has 2 aromatic heterocycles. The summed E-state index contributed by atoms with van der Waals surface area (Å²) in [6.07, 6.45) is 4.55. The van der Waals surface area contributed by atoms with Gasteiger partial charge in [-0.3, -0.25) is 19.1 Å². The smallest absolute Gasteiger partial charge is 0.275 e. The summed E-state index contributed by atoms with van der Waals surface area (Å²) < 4.78 is 9.68. The lowest BCUT2D eigenvalue weighted by atomic mass is 10.0. The van der Waals surface area contributed by atoms with Gasteiger partial charge in [0.25, 0.3) is 5.91 Å². The highest BCUT2D eigenvalue weighted by Gasteiger charge is 2.27. The molecule has 2 aromatic carbocycles. The number of aryl methyl sites for hydroxylation is 1. The van der Waals surface area contributed by atoms with Crippen LogP contribution in [0.5, 0.6) is 5.75 Å². The molecule has 220 valence electrons. The van der Waals surface area contributed by atoms with E-state index in [4.69, 9.17) is 4.74 Å². The molecule has 3 amide bonds. The Morgan fingerprint density at radius 3 is 2.79 bits per heavy atom. The van der Waals surface area contributed by atoms with E-state index in [1.165, 1.54) is 4.90 Å². The number of aromatic nitrogens is 4. The summed E-state index contributed by atoms with van der Waals surface area (Å²) in [4.78, 5) is 46.3. The monoisotopic (exact) mass is 571 g/mol. The van der Waals surface area contributed by atoms with E-state index in [9.17, 15) is 14.4 Å². The SMILES string of the molecule is CC(C)C[C@H]1NC(=O)CN(C(=O)c2nn(C)c3ccccc23)CCCOc2cccc(c2)-c2nccn2CCNC1=O. The molecule has 3 heterocycles. The van der Waals surface area contributed by atoms with E-state index in [1.807, 2.05) is 73.1 Å². The van der Waals surface area contributed by atoms with Gasteiger partial charge in [-0.2, -0.15) is 5.10 Å². The third-order valence-electron chi connectivity index (χ3n) is 7.24. The van der Waals surface area contributed by atoms with Crippen LogP contribution in [0.2, 0.25) is 0 Å². The second-order valence-corrected chi connectivity index (χ2v) is 10.9. The Bertz CT molecular complexity index is 1570. The zero-order chi connectivity index (χ0) is 29.6. The minimum atomic E-state index is -0.730. The molecule has 0 fully saturated rings. The molecule has 2 N–H and O–H groups in total. The minimum Gasteiger partial charge on any atom is -0.494 e. The highest BCUT2D eigenvalue weighted by molar-refractivity contribution is 6.05. The molecule has 0 saturated heterocycles. The van der Waals surface area contributed by atoms with Gasteiger partial charge in [0.05, 0.1) is 18.7 Å². The largest absolute Gasteiger partial charge is 0.494 e. The lowest BCUT2D eigenvalue weighted by Gasteiger charge is -2.25. The molecule has 5 rings (SSSR count). The van der Waals surface area contributed by atoms with Crippen LogP contribution in [0, 0.1) is 5.92 Å². The molecule has 42 heavy (non-hydrogen) atoms. The summed E-state index contributed by atoms with van der Waals surface area (Å²) in [5, 5.41) is 11.0. The molecule has 0 saturated carbocycles. The summed E-state index contributed by atoms with van der Waals surface area (Å²) in [7, 11) is 1.79. The second-order valence-electron chi connectivity index (χ2n) is 10.9. The molecular formula is C31H37N7O4. The van der Waals surface area contributed by atoms with Gasteiger partial charge in [0.1, 0.15) is 17.6 Å². The van der Waals surface area contributed by atoms with Crippen LogP contribution < -0.4 is 15.4 Å². The molecule has 1 aliphatic heterocycles. The Morgan fingerprint density at radius 1 is 1.12 bits per heavy atom. The molecule has 11 nitrogen and oxygen atoms in total. The highest BCUT2D eigenvalue weighted by atomic mass is 16.5. The Kier molecular flexibility index (Phi) is 8.85. The first-order valence-corrected chi connectivity index (χ1v) is 14.3. The number of hydrogen-bond acceptors (Lipinski definition) is 6. The van der Waals surface area contributed by atoms with E-state index in [0.29, 0.717) is 43.7 Å². The van der Waals surface area contributed by atoms with Crippen molar-refractivity contribution in [1.82, 2.24) is 34.9 Å². The van der Waals surface area contributed by atoms with Gasteiger partial charge >= 0.3 is 0 Å². The molecule has 0 radical (unpaired) electrons. The van der Waals surface area contributed by atoms with Crippen molar-refractivity contribution in [2.24, 2.45) is 13.0 Å². The number of nitrogens with one attached hydrogen (secondary N) is 2. The molecule has 1 atom stereocenters. The number of hydrogen-bond donors (Lipinski definition) is 2. The number of nitrogens with zero attached hydrogens (tertiary/aromatic N) is 5. The molecule has 11 heteroatoms. The van der Waals surface area contributed by atoms with Crippen LogP contribution in [-0.2, 0) is 23.2 Å². The summed E-state index contributed by atoms with van der Waals surface area (Å²) in [5.74, 6) is 0.595. The molecule has 0 spiro atoms. The van der Waals surface area contributed by atoms with E-state index in [1.54, 1.807) is 17.9 Å². The Labute approximate surface area is 244 Å². The van der Waals surface area contributed by atoms with Gasteiger partial charge in [0.15, 0.2) is 5.69 Å². The fraction of sp³-hybridized carbons (Fsp3) is 0.387. The molecule has 1 aliphatic rings. The summed E-state index contributed by atoms with van der Waals surface area (Å²) in [6.45, 7) is 5.26. The first-order chi connectivity index (χ1) is 20.3. The van der Waals surface area contributed by atoms with Crippen molar-refractivity contribution in [2.75, 3.05) is 26.2 Å². The van der Waals surface area contributed by atoms with Crippen molar-refractivity contribution >= 4 is 28.6 Å². The van der Waals surface area contributed by atoms with E-state index in [2.05, 4.69) is 20.7 Å². The number of fused-ring (bicyclic) bond motifs is 5. The van der Waals surface area contributed by atoms with Crippen molar-refractivity contribution < 1.29 is 19.1 Å². The van der Waals surface area contributed by atoms with Gasteiger partial charge in [-0.05, 0) is 37.0 Å². The third kappa shape index (κ3) is 6.62. The first kappa shape index (κ1) is 28.8. The fourth-order valence-corrected chi connectivity index (χ4v) is 5.23. The number of rotatable bonds is 3. The van der Waals surface area contributed by atoms with Crippen molar-refractivity contribution in [3.8, 4) is 17.1 Å². The van der Waals surface area contributed by atoms with Crippen molar-refractivity contribution in [2.45, 2.75) is 39.3 Å². The average Bonchev–Trinajstić information content (AvgIpc) is 3.58. The lowest BCUT2D eigenvalue weighted by molar-refractivity contribution is -0.129. The van der Waals surface area contributed by atoms with Crippen molar-refractivity contribution in [3.05, 3.63) is 66.6 Å². The number of benzene rings is 2. The molecule has 4 aromatic rings. The summed E-state index contributed by atoms with van der Waals surface area (Å²) in [5.41, 5.74) is 2.00. The Balaban J connectivity index is 1.43. The third-order valence-corrected chi connectivity index (χ3v) is 7.24. The predicted octanol–water partition coefficient (Wildman–Crippen LogP) is 3.01. The zero-order valence-corrected chi connectivity index (χ0v) is 24.2. The molecule has 2 bridgehead atoms. The maximum atomic E-state index is 13.8. The van der Waals surface area contributed by atoms with Crippen LogP contribution >= 0.6 is 0 Å². The van der Waals surface area contributed by atoms with Crippen LogP contribution in [0.1, 0.15) is 37.2 Å². The quantitative estimate of drug-likeness (QED) is 0.390. The Hall–Kier alpha value is -4.67. The number of amides is 3. The van der Waals surface area contributed by atoms with Crippen LogP contribution in [0.3, 0.4) is 0 Å². The number of imidazole rings is 1. The van der Waals surface area contributed by atoms with E-state index in [-0.39, 0.29) is 36.5 Å². The topological polar surface area (TPSA) is 123 Å². The normalized spacial score (nSPS) is 17.1. The highest BCUT2D eigenvalue weighted by Crippen LogP contribution is 2.23.